The molecule has 0 heterocycles. The third kappa shape index (κ3) is 15.3. The lowest BCUT2D eigenvalue weighted by Crippen LogP contribution is -2.33. The summed E-state index contributed by atoms with van der Waals surface area (Å²) in [6, 6.07) is 0. The van der Waals surface area contributed by atoms with Gasteiger partial charge in [0.1, 0.15) is 0 Å². The Morgan fingerprint density at radius 1 is 0.542 bits per heavy atom. The summed E-state index contributed by atoms with van der Waals surface area (Å²) in [6.07, 6.45) is 4.82. The van der Waals surface area contributed by atoms with E-state index in [9.17, 15) is 0 Å². The fraction of sp³-hybridized carbons (Fsp3) is 1.00. The Morgan fingerprint density at radius 2 is 0.917 bits per heavy atom. The number of rotatable bonds is 19. The zero-order chi connectivity index (χ0) is 17.9. The SMILES string of the molecule is CCCCN(CCOC)CCOOCCN(CCCC)CCOC. The lowest BCUT2D eigenvalue weighted by atomic mass is 10.3. The van der Waals surface area contributed by atoms with Crippen LogP contribution in [0.4, 0.5) is 0 Å². The van der Waals surface area contributed by atoms with Gasteiger partial charge in [0.15, 0.2) is 0 Å². The summed E-state index contributed by atoms with van der Waals surface area (Å²) in [5, 5.41) is 0. The van der Waals surface area contributed by atoms with E-state index in [0.717, 1.165) is 52.5 Å². The molecule has 0 N–H and O–H groups in total. The Kier molecular flexibility index (Phi) is 18.9. The molecule has 0 aromatic carbocycles. The molecule has 24 heavy (non-hydrogen) atoms. The van der Waals surface area contributed by atoms with Gasteiger partial charge in [-0.1, -0.05) is 26.7 Å². The van der Waals surface area contributed by atoms with Gasteiger partial charge in [-0.3, -0.25) is 9.80 Å². The predicted octanol–water partition coefficient (Wildman–Crippen LogP) is 2.43. The Balaban J connectivity index is 3.74. The fourth-order valence-electron chi connectivity index (χ4n) is 2.33. The van der Waals surface area contributed by atoms with Crippen molar-refractivity contribution in [1.29, 1.82) is 0 Å². The second-order valence-electron chi connectivity index (χ2n) is 6.02. The van der Waals surface area contributed by atoms with Crippen LogP contribution in [0.15, 0.2) is 0 Å². The lowest BCUT2D eigenvalue weighted by Gasteiger charge is -2.22. The Hall–Kier alpha value is -0.240. The average Bonchev–Trinajstić information content (AvgIpc) is 2.61. The first-order valence-corrected chi connectivity index (χ1v) is 9.45. The Labute approximate surface area is 149 Å². The van der Waals surface area contributed by atoms with Crippen molar-refractivity contribution in [3.8, 4) is 0 Å². The largest absolute Gasteiger partial charge is 0.383 e. The number of methoxy groups -OCH3 is 2. The van der Waals surface area contributed by atoms with E-state index in [0.29, 0.717) is 13.2 Å². The van der Waals surface area contributed by atoms with Gasteiger partial charge in [0, 0.05) is 40.4 Å². The van der Waals surface area contributed by atoms with Crippen molar-refractivity contribution < 1.29 is 19.2 Å². The van der Waals surface area contributed by atoms with E-state index in [1.807, 2.05) is 0 Å². The van der Waals surface area contributed by atoms with Gasteiger partial charge < -0.3 is 9.47 Å². The molecule has 0 aliphatic rings. The minimum absolute atomic E-state index is 0.598. The third-order valence-corrected chi connectivity index (χ3v) is 3.94. The van der Waals surface area contributed by atoms with Gasteiger partial charge in [0.2, 0.25) is 0 Å². The van der Waals surface area contributed by atoms with Gasteiger partial charge in [-0.25, -0.2) is 9.78 Å². The topological polar surface area (TPSA) is 43.4 Å². The smallest absolute Gasteiger partial charge is 0.0949 e. The Morgan fingerprint density at radius 3 is 1.25 bits per heavy atom. The molecule has 6 heteroatoms. The van der Waals surface area contributed by atoms with Crippen LogP contribution >= 0.6 is 0 Å². The molecule has 0 atom stereocenters. The van der Waals surface area contributed by atoms with Crippen LogP contribution in [0, 0.1) is 0 Å². The van der Waals surface area contributed by atoms with Crippen molar-refractivity contribution >= 4 is 0 Å². The lowest BCUT2D eigenvalue weighted by molar-refractivity contribution is -0.296. The van der Waals surface area contributed by atoms with Crippen LogP contribution in [-0.4, -0.2) is 89.7 Å². The molecular formula is C18H40N2O4. The standard InChI is InChI=1S/C18H40N2O4/c1-5-7-9-19(11-15-21-3)13-17-23-24-18-14-20(10-8-6-2)12-16-22-4/h5-18H2,1-4H3. The molecule has 0 unspecified atom stereocenters. The molecular weight excluding hydrogens is 308 g/mol. The zero-order valence-corrected chi connectivity index (χ0v) is 16.4. The highest BCUT2D eigenvalue weighted by Gasteiger charge is 2.06. The number of ether oxygens (including phenoxy) is 2. The number of nitrogens with zero attached hydrogens (tertiary/aromatic N) is 2. The van der Waals surface area contributed by atoms with Crippen LogP contribution in [-0.2, 0) is 19.2 Å². The van der Waals surface area contributed by atoms with Gasteiger partial charge in [-0.15, -0.1) is 0 Å². The molecule has 0 aliphatic carbocycles. The van der Waals surface area contributed by atoms with Crippen LogP contribution in [0.2, 0.25) is 0 Å². The maximum atomic E-state index is 5.34. The maximum absolute atomic E-state index is 5.34. The molecule has 0 rings (SSSR count). The first-order valence-electron chi connectivity index (χ1n) is 9.45. The summed E-state index contributed by atoms with van der Waals surface area (Å²) in [5.41, 5.74) is 0. The summed E-state index contributed by atoms with van der Waals surface area (Å²) in [7, 11) is 3.48. The molecule has 6 nitrogen and oxygen atoms in total. The highest BCUT2D eigenvalue weighted by Crippen LogP contribution is 1.97. The molecule has 0 aromatic heterocycles. The van der Waals surface area contributed by atoms with Gasteiger partial charge >= 0.3 is 0 Å². The van der Waals surface area contributed by atoms with E-state index in [-0.39, 0.29) is 0 Å². The molecule has 0 saturated heterocycles. The quantitative estimate of drug-likeness (QED) is 0.203. The van der Waals surface area contributed by atoms with Crippen LogP contribution < -0.4 is 0 Å². The van der Waals surface area contributed by atoms with E-state index in [1.54, 1.807) is 14.2 Å². The van der Waals surface area contributed by atoms with Gasteiger partial charge in [0.25, 0.3) is 0 Å². The van der Waals surface area contributed by atoms with Crippen molar-refractivity contribution in [1.82, 2.24) is 9.80 Å². The van der Waals surface area contributed by atoms with Gasteiger partial charge in [-0.05, 0) is 25.9 Å². The summed E-state index contributed by atoms with van der Waals surface area (Å²) in [5.74, 6) is 0. The fourth-order valence-corrected chi connectivity index (χ4v) is 2.33. The van der Waals surface area contributed by atoms with E-state index >= 15 is 0 Å². The zero-order valence-electron chi connectivity index (χ0n) is 16.4. The molecule has 0 bridgehead atoms. The molecule has 0 spiro atoms. The normalized spacial score (nSPS) is 11.8. The van der Waals surface area contributed by atoms with Crippen LogP contribution in [0.5, 0.6) is 0 Å². The second kappa shape index (κ2) is 19.1. The van der Waals surface area contributed by atoms with Crippen molar-refractivity contribution in [2.45, 2.75) is 39.5 Å². The van der Waals surface area contributed by atoms with E-state index < -0.39 is 0 Å². The minimum atomic E-state index is 0.598. The van der Waals surface area contributed by atoms with Crippen molar-refractivity contribution in [2.24, 2.45) is 0 Å². The second-order valence-corrected chi connectivity index (χ2v) is 6.02. The van der Waals surface area contributed by atoms with E-state index in [2.05, 4.69) is 23.6 Å². The number of unbranched alkanes of at least 4 members (excludes halogenated alkanes) is 2. The van der Waals surface area contributed by atoms with E-state index in [1.165, 1.54) is 25.7 Å². The van der Waals surface area contributed by atoms with Gasteiger partial charge in [0.05, 0.1) is 26.4 Å². The highest BCUT2D eigenvalue weighted by atomic mass is 17.2. The van der Waals surface area contributed by atoms with Gasteiger partial charge in [-0.2, -0.15) is 0 Å². The highest BCUT2D eigenvalue weighted by molar-refractivity contribution is 4.57. The summed E-state index contributed by atoms with van der Waals surface area (Å²) in [4.78, 5) is 15.4. The van der Waals surface area contributed by atoms with Crippen LogP contribution in [0.1, 0.15) is 39.5 Å². The molecule has 0 amide bonds. The van der Waals surface area contributed by atoms with Crippen molar-refractivity contribution in [3.63, 3.8) is 0 Å². The van der Waals surface area contributed by atoms with E-state index in [4.69, 9.17) is 19.2 Å². The van der Waals surface area contributed by atoms with Crippen molar-refractivity contribution in [3.05, 3.63) is 0 Å². The average molecular weight is 349 g/mol. The molecule has 0 aliphatic heterocycles. The first kappa shape index (κ1) is 23.8. The number of hydrogen-bond acceptors (Lipinski definition) is 6. The minimum Gasteiger partial charge on any atom is -0.383 e. The summed E-state index contributed by atoms with van der Waals surface area (Å²) in [6.45, 7) is 13.0. The first-order chi connectivity index (χ1) is 11.8. The van der Waals surface area contributed by atoms with Crippen molar-refractivity contribution in [2.75, 3.05) is 79.9 Å². The molecule has 0 aromatic rings. The summed E-state index contributed by atoms with van der Waals surface area (Å²) >= 11 is 0. The third-order valence-electron chi connectivity index (χ3n) is 3.94. The van der Waals surface area contributed by atoms with Crippen LogP contribution in [0.25, 0.3) is 0 Å². The predicted molar refractivity (Wildman–Crippen MR) is 98.4 cm³/mol. The molecule has 0 radical (unpaired) electrons. The molecule has 146 valence electrons. The van der Waals surface area contributed by atoms with Crippen LogP contribution in [0.3, 0.4) is 0 Å². The molecule has 0 saturated carbocycles. The number of hydrogen-bond donors (Lipinski definition) is 0. The Bertz CT molecular complexity index is 205. The maximum Gasteiger partial charge on any atom is 0.0949 e. The monoisotopic (exact) mass is 348 g/mol. The molecule has 0 fully saturated rings. The summed E-state index contributed by atoms with van der Waals surface area (Å²) < 4.78 is 10.3.